The van der Waals surface area contributed by atoms with Crippen LogP contribution in [0.25, 0.3) is 16.2 Å². The van der Waals surface area contributed by atoms with Crippen LogP contribution in [0.1, 0.15) is 30.9 Å². The lowest BCUT2D eigenvalue weighted by Crippen LogP contribution is -2.11. The first-order valence-corrected chi connectivity index (χ1v) is 12.1. The normalized spacial score (nSPS) is 10.7. The minimum absolute atomic E-state index is 0.115. The van der Waals surface area contributed by atoms with E-state index >= 15 is 0 Å². The number of anilines is 2. The number of thiazole rings is 1. The number of hydrogen-bond acceptors (Lipinski definition) is 6. The number of nitrogens with zero attached hydrogens (tertiary/aromatic N) is 3. The Balaban J connectivity index is 0.000000157. The van der Waals surface area contributed by atoms with Crippen molar-refractivity contribution in [2.24, 2.45) is 0 Å². The lowest BCUT2D eigenvalue weighted by Gasteiger charge is -2.05. The van der Waals surface area contributed by atoms with E-state index in [2.05, 4.69) is 39.7 Å². The molecule has 0 radical (unpaired) electrons. The molecule has 0 saturated heterocycles. The van der Waals surface area contributed by atoms with Gasteiger partial charge in [-0.05, 0) is 64.1 Å². The first-order valence-electron chi connectivity index (χ1n) is 10.4. The monoisotopic (exact) mass is 475 g/mol. The molecular formula is C25H25N5OS2. The number of nitrogens with one attached hydrogen (secondary N) is 1. The van der Waals surface area contributed by atoms with E-state index < -0.39 is 0 Å². The average Bonchev–Trinajstić information content (AvgIpc) is 3.45. The molecule has 0 aliphatic rings. The van der Waals surface area contributed by atoms with Gasteiger partial charge in [0.15, 0.2) is 0 Å². The number of amides is 1. The third-order valence-electron chi connectivity index (χ3n) is 5.00. The van der Waals surface area contributed by atoms with Gasteiger partial charge in [0.2, 0.25) is 0 Å². The van der Waals surface area contributed by atoms with Crippen molar-refractivity contribution in [3.05, 3.63) is 86.9 Å². The van der Waals surface area contributed by atoms with E-state index in [0.717, 1.165) is 26.9 Å². The maximum Gasteiger partial charge on any atom is 0.265 e. The van der Waals surface area contributed by atoms with Crippen LogP contribution in [0, 0.1) is 27.7 Å². The molecule has 0 saturated carbocycles. The van der Waals surface area contributed by atoms with Crippen molar-refractivity contribution in [1.29, 1.82) is 0 Å². The molecule has 1 aromatic carbocycles. The molecule has 5 aromatic rings. The molecule has 0 unspecified atom stereocenters. The summed E-state index contributed by atoms with van der Waals surface area (Å²) in [6, 6.07) is 17.0. The van der Waals surface area contributed by atoms with Crippen molar-refractivity contribution in [3.8, 4) is 10.6 Å². The van der Waals surface area contributed by atoms with Gasteiger partial charge in [-0.1, -0.05) is 18.2 Å². The fourth-order valence-electron chi connectivity index (χ4n) is 3.49. The van der Waals surface area contributed by atoms with Crippen LogP contribution in [0.4, 0.5) is 11.4 Å². The minimum atomic E-state index is -0.115. The molecule has 4 aromatic heterocycles. The highest BCUT2D eigenvalue weighted by molar-refractivity contribution is 7.15. The Kier molecular flexibility index (Phi) is 6.57. The van der Waals surface area contributed by atoms with Crippen molar-refractivity contribution in [2.75, 3.05) is 11.1 Å². The Labute approximate surface area is 200 Å². The zero-order valence-electron chi connectivity index (χ0n) is 18.9. The predicted molar refractivity (Wildman–Crippen MR) is 138 cm³/mol. The third kappa shape index (κ3) is 4.97. The molecule has 5 rings (SSSR count). The molecule has 168 valence electrons. The Hall–Kier alpha value is -3.49. The van der Waals surface area contributed by atoms with Gasteiger partial charge in [-0.15, -0.1) is 22.7 Å². The second kappa shape index (κ2) is 9.56. The smallest absolute Gasteiger partial charge is 0.265 e. The summed E-state index contributed by atoms with van der Waals surface area (Å²) in [6.07, 6.45) is 2.05. The zero-order chi connectivity index (χ0) is 23.5. The number of carbonyl (C=O) groups excluding carboxylic acids is 1. The van der Waals surface area contributed by atoms with Gasteiger partial charge in [0.05, 0.1) is 43.2 Å². The molecule has 33 heavy (non-hydrogen) atoms. The maximum atomic E-state index is 11.8. The van der Waals surface area contributed by atoms with Crippen LogP contribution >= 0.6 is 22.7 Å². The number of para-hydroxylation sites is 2. The van der Waals surface area contributed by atoms with E-state index in [9.17, 15) is 4.79 Å². The Morgan fingerprint density at radius 2 is 1.67 bits per heavy atom. The first-order chi connectivity index (χ1) is 15.8. The number of fused-ring (bicyclic) bond motifs is 1. The quantitative estimate of drug-likeness (QED) is 0.301. The fourth-order valence-corrected chi connectivity index (χ4v) is 5.27. The van der Waals surface area contributed by atoms with Crippen molar-refractivity contribution in [1.82, 2.24) is 14.4 Å². The molecule has 4 heterocycles. The van der Waals surface area contributed by atoms with Gasteiger partial charge in [0.25, 0.3) is 5.91 Å². The topological polar surface area (TPSA) is 85.3 Å². The Morgan fingerprint density at radius 3 is 2.33 bits per heavy atom. The largest absolute Gasteiger partial charge is 0.397 e. The summed E-state index contributed by atoms with van der Waals surface area (Å²) in [5, 5.41) is 3.89. The van der Waals surface area contributed by atoms with Gasteiger partial charge in [-0.2, -0.15) is 0 Å². The van der Waals surface area contributed by atoms with Gasteiger partial charge in [-0.25, -0.2) is 9.97 Å². The van der Waals surface area contributed by atoms with Gasteiger partial charge >= 0.3 is 0 Å². The van der Waals surface area contributed by atoms with Crippen LogP contribution in [0.5, 0.6) is 0 Å². The van der Waals surface area contributed by atoms with E-state index in [-0.39, 0.29) is 5.91 Å². The second-order valence-electron chi connectivity index (χ2n) is 7.57. The summed E-state index contributed by atoms with van der Waals surface area (Å²) in [5.41, 5.74) is 11.3. The van der Waals surface area contributed by atoms with E-state index in [4.69, 9.17) is 5.73 Å². The number of imidazole rings is 1. The molecule has 6 nitrogen and oxygen atoms in total. The van der Waals surface area contributed by atoms with Crippen LogP contribution in [-0.4, -0.2) is 20.3 Å². The van der Waals surface area contributed by atoms with Gasteiger partial charge < -0.3 is 11.1 Å². The predicted octanol–water partition coefficient (Wildman–Crippen LogP) is 6.27. The number of rotatable bonds is 3. The van der Waals surface area contributed by atoms with Crippen molar-refractivity contribution in [3.63, 3.8) is 0 Å². The van der Waals surface area contributed by atoms with Crippen LogP contribution in [0.15, 0.2) is 60.8 Å². The van der Waals surface area contributed by atoms with Crippen molar-refractivity contribution < 1.29 is 4.79 Å². The summed E-state index contributed by atoms with van der Waals surface area (Å²) >= 11 is 3.20. The number of thiophene rings is 1. The summed E-state index contributed by atoms with van der Waals surface area (Å²) in [5.74, 6) is -0.115. The summed E-state index contributed by atoms with van der Waals surface area (Å²) in [7, 11) is 0. The number of hydrogen-bond donors (Lipinski definition) is 2. The summed E-state index contributed by atoms with van der Waals surface area (Å²) < 4.78 is 2.13. The first kappa shape index (κ1) is 22.7. The minimum Gasteiger partial charge on any atom is -0.397 e. The van der Waals surface area contributed by atoms with Crippen molar-refractivity contribution in [2.45, 2.75) is 27.7 Å². The highest BCUT2D eigenvalue weighted by Gasteiger charge is 2.15. The van der Waals surface area contributed by atoms with E-state index in [1.54, 1.807) is 23.5 Å². The summed E-state index contributed by atoms with van der Waals surface area (Å²) in [4.78, 5) is 23.9. The number of aromatic nitrogens is 3. The van der Waals surface area contributed by atoms with Gasteiger partial charge in [0, 0.05) is 11.1 Å². The van der Waals surface area contributed by atoms with Crippen LogP contribution < -0.4 is 11.1 Å². The molecule has 1 amide bonds. The molecule has 0 aliphatic heterocycles. The second-order valence-corrected chi connectivity index (χ2v) is 10.1. The van der Waals surface area contributed by atoms with Gasteiger partial charge in [0.1, 0.15) is 5.65 Å². The molecule has 0 spiro atoms. The lowest BCUT2D eigenvalue weighted by molar-refractivity contribution is 0.103. The highest BCUT2D eigenvalue weighted by atomic mass is 32.1. The number of carbonyl (C=O) groups is 1. The standard InChI is InChI=1S/C13H13N3S.C12H12N2OS/c1-8-12(13-9(2)14-10(3)17-13)16-7-5-4-6-11(16)15-8;1-8-6-7-11(16-8)12(15)14-10-5-3-2-4-9(10)13/h4-7H,1-3H3;2-7H,13H2,1H3,(H,14,15). The molecular weight excluding hydrogens is 450 g/mol. The average molecular weight is 476 g/mol. The van der Waals surface area contributed by atoms with E-state index in [1.807, 2.05) is 56.3 Å². The zero-order valence-corrected chi connectivity index (χ0v) is 20.6. The number of aryl methyl sites for hydroxylation is 4. The number of benzene rings is 1. The number of pyridine rings is 1. The SMILES string of the molecule is Cc1ccc(C(=O)Nc2ccccc2N)s1.Cc1nc(C)c(-c2c(C)nc3ccccn23)s1. The fraction of sp³-hybridized carbons (Fsp3) is 0.160. The molecule has 0 bridgehead atoms. The summed E-state index contributed by atoms with van der Waals surface area (Å²) in [6.45, 7) is 8.12. The number of nitrogen functional groups attached to an aromatic ring is 1. The molecule has 8 heteroatoms. The van der Waals surface area contributed by atoms with E-state index in [1.165, 1.54) is 21.9 Å². The number of nitrogens with two attached hydrogens (primary N) is 1. The molecule has 0 fully saturated rings. The van der Waals surface area contributed by atoms with E-state index in [0.29, 0.717) is 16.3 Å². The third-order valence-corrected chi connectivity index (χ3v) is 7.08. The molecule has 0 atom stereocenters. The molecule has 3 N–H and O–H groups in total. The van der Waals surface area contributed by atoms with Gasteiger partial charge in [-0.3, -0.25) is 9.20 Å². The Bertz CT molecular complexity index is 1430. The maximum absolute atomic E-state index is 11.8. The Morgan fingerprint density at radius 1 is 0.909 bits per heavy atom. The highest BCUT2D eigenvalue weighted by Crippen LogP contribution is 2.32. The molecule has 0 aliphatic carbocycles. The van der Waals surface area contributed by atoms with Crippen molar-refractivity contribution >= 4 is 45.6 Å². The lowest BCUT2D eigenvalue weighted by atomic mass is 10.2. The van der Waals surface area contributed by atoms with Crippen LogP contribution in [-0.2, 0) is 0 Å². The van der Waals surface area contributed by atoms with Crippen LogP contribution in [0.3, 0.4) is 0 Å². The van der Waals surface area contributed by atoms with Crippen LogP contribution in [0.2, 0.25) is 0 Å².